The van der Waals surface area contributed by atoms with Crippen LogP contribution in [0, 0.1) is 0 Å². The molecule has 0 aliphatic carbocycles. The van der Waals surface area contributed by atoms with Crippen molar-refractivity contribution in [3.05, 3.63) is 27.7 Å². The Morgan fingerprint density at radius 1 is 1.36 bits per heavy atom. The number of benzene rings is 1. The van der Waals surface area contributed by atoms with E-state index in [0.717, 1.165) is 22.9 Å². The minimum Gasteiger partial charge on any atom is -0.506 e. The van der Waals surface area contributed by atoms with Gasteiger partial charge in [-0.25, -0.2) is 0 Å². The van der Waals surface area contributed by atoms with Crippen molar-refractivity contribution in [3.63, 3.8) is 0 Å². The zero-order chi connectivity index (χ0) is 10.7. The molecule has 0 aromatic heterocycles. The van der Waals surface area contributed by atoms with Crippen LogP contribution in [0.5, 0.6) is 5.75 Å². The fourth-order valence-corrected chi connectivity index (χ4v) is 2.07. The Labute approximate surface area is 94.3 Å². The molecule has 1 N–H and O–H groups in total. The summed E-state index contributed by atoms with van der Waals surface area (Å²) in [6.45, 7) is 6.35. The van der Waals surface area contributed by atoms with E-state index in [9.17, 15) is 5.11 Å². The highest BCUT2D eigenvalue weighted by molar-refractivity contribution is 9.10. The lowest BCUT2D eigenvalue weighted by Gasteiger charge is -2.12. The molecule has 1 nitrogen and oxygen atoms in total. The van der Waals surface area contributed by atoms with Crippen molar-refractivity contribution >= 4 is 15.9 Å². The van der Waals surface area contributed by atoms with Gasteiger partial charge in [0.05, 0.1) is 4.47 Å². The SMILES string of the molecule is CCCc1cc(Br)c(O)c(C(C)C)c1. The molecule has 0 amide bonds. The van der Waals surface area contributed by atoms with Gasteiger partial charge >= 0.3 is 0 Å². The van der Waals surface area contributed by atoms with Crippen LogP contribution in [-0.2, 0) is 6.42 Å². The molecular formula is C12H17BrO. The molecule has 0 atom stereocenters. The quantitative estimate of drug-likeness (QED) is 0.859. The first-order valence-electron chi connectivity index (χ1n) is 5.07. The predicted molar refractivity (Wildman–Crippen MR) is 63.9 cm³/mol. The van der Waals surface area contributed by atoms with Gasteiger partial charge in [0.15, 0.2) is 0 Å². The van der Waals surface area contributed by atoms with Gasteiger partial charge in [-0.1, -0.05) is 33.3 Å². The molecule has 0 spiro atoms. The van der Waals surface area contributed by atoms with Gasteiger partial charge in [0.25, 0.3) is 0 Å². The maximum atomic E-state index is 9.81. The van der Waals surface area contributed by atoms with Crippen LogP contribution >= 0.6 is 15.9 Å². The van der Waals surface area contributed by atoms with Crippen molar-refractivity contribution in [2.24, 2.45) is 0 Å². The molecule has 0 saturated heterocycles. The molecule has 1 aromatic rings. The molecule has 0 fully saturated rings. The van der Waals surface area contributed by atoms with Crippen molar-refractivity contribution < 1.29 is 5.11 Å². The van der Waals surface area contributed by atoms with Crippen LogP contribution in [0.1, 0.15) is 44.2 Å². The van der Waals surface area contributed by atoms with Crippen molar-refractivity contribution in [2.75, 3.05) is 0 Å². The first kappa shape index (κ1) is 11.6. The molecule has 0 saturated carbocycles. The molecular weight excluding hydrogens is 240 g/mol. The Morgan fingerprint density at radius 3 is 2.50 bits per heavy atom. The fourth-order valence-electron chi connectivity index (χ4n) is 1.55. The number of aromatic hydroxyl groups is 1. The Kier molecular flexibility index (Phi) is 3.99. The normalized spacial score (nSPS) is 10.9. The minimum absolute atomic E-state index is 0.364. The highest BCUT2D eigenvalue weighted by atomic mass is 79.9. The lowest BCUT2D eigenvalue weighted by atomic mass is 9.98. The van der Waals surface area contributed by atoms with Gasteiger partial charge in [-0.05, 0) is 45.5 Å². The molecule has 2 heteroatoms. The second-order valence-electron chi connectivity index (χ2n) is 3.92. The summed E-state index contributed by atoms with van der Waals surface area (Å²) in [5.74, 6) is 0.753. The van der Waals surface area contributed by atoms with Crippen molar-refractivity contribution in [2.45, 2.75) is 39.5 Å². The van der Waals surface area contributed by atoms with E-state index < -0.39 is 0 Å². The molecule has 1 aromatic carbocycles. The van der Waals surface area contributed by atoms with E-state index in [4.69, 9.17) is 0 Å². The number of phenols is 1. The second kappa shape index (κ2) is 4.83. The average molecular weight is 257 g/mol. The van der Waals surface area contributed by atoms with Crippen LogP contribution in [0.2, 0.25) is 0 Å². The summed E-state index contributed by atoms with van der Waals surface area (Å²) in [6, 6.07) is 4.11. The summed E-state index contributed by atoms with van der Waals surface area (Å²) >= 11 is 3.39. The molecule has 0 heterocycles. The van der Waals surface area contributed by atoms with Crippen LogP contribution in [-0.4, -0.2) is 5.11 Å². The molecule has 0 aliphatic heterocycles. The van der Waals surface area contributed by atoms with E-state index in [1.165, 1.54) is 5.56 Å². The number of rotatable bonds is 3. The monoisotopic (exact) mass is 256 g/mol. The lowest BCUT2D eigenvalue weighted by Crippen LogP contribution is -1.93. The summed E-state index contributed by atoms with van der Waals surface area (Å²) in [5.41, 5.74) is 2.32. The van der Waals surface area contributed by atoms with Crippen LogP contribution in [0.4, 0.5) is 0 Å². The van der Waals surface area contributed by atoms with Gasteiger partial charge in [-0.15, -0.1) is 0 Å². The van der Waals surface area contributed by atoms with Crippen molar-refractivity contribution in [1.29, 1.82) is 0 Å². The van der Waals surface area contributed by atoms with Crippen molar-refractivity contribution in [1.82, 2.24) is 0 Å². The van der Waals surface area contributed by atoms with E-state index in [1.807, 2.05) is 6.07 Å². The highest BCUT2D eigenvalue weighted by Crippen LogP contribution is 2.34. The van der Waals surface area contributed by atoms with Crippen LogP contribution in [0.3, 0.4) is 0 Å². The molecule has 78 valence electrons. The maximum Gasteiger partial charge on any atom is 0.133 e. The third-order valence-corrected chi connectivity index (χ3v) is 2.92. The minimum atomic E-state index is 0.364. The Morgan fingerprint density at radius 2 is 2.00 bits per heavy atom. The predicted octanol–water partition coefficient (Wildman–Crippen LogP) is 4.23. The highest BCUT2D eigenvalue weighted by Gasteiger charge is 2.10. The van der Waals surface area contributed by atoms with E-state index in [1.54, 1.807) is 0 Å². The van der Waals surface area contributed by atoms with E-state index in [-0.39, 0.29) is 0 Å². The van der Waals surface area contributed by atoms with Gasteiger partial charge in [-0.2, -0.15) is 0 Å². The van der Waals surface area contributed by atoms with Crippen LogP contribution in [0.25, 0.3) is 0 Å². The standard InChI is InChI=1S/C12H17BrO/c1-4-5-9-6-10(8(2)3)12(14)11(13)7-9/h6-8,14H,4-5H2,1-3H3. The first-order chi connectivity index (χ1) is 6.56. The maximum absolute atomic E-state index is 9.81. The zero-order valence-corrected chi connectivity index (χ0v) is 10.6. The molecule has 0 bridgehead atoms. The molecule has 0 radical (unpaired) electrons. The third-order valence-electron chi connectivity index (χ3n) is 2.31. The van der Waals surface area contributed by atoms with E-state index in [2.05, 4.69) is 42.8 Å². The number of hydrogen-bond acceptors (Lipinski definition) is 1. The zero-order valence-electron chi connectivity index (χ0n) is 8.97. The topological polar surface area (TPSA) is 20.2 Å². The summed E-state index contributed by atoms with van der Waals surface area (Å²) in [7, 11) is 0. The smallest absolute Gasteiger partial charge is 0.133 e. The second-order valence-corrected chi connectivity index (χ2v) is 4.77. The van der Waals surface area contributed by atoms with Gasteiger partial charge in [-0.3, -0.25) is 0 Å². The van der Waals surface area contributed by atoms with Crippen LogP contribution < -0.4 is 0 Å². The van der Waals surface area contributed by atoms with Gasteiger partial charge in [0.1, 0.15) is 5.75 Å². The Bertz CT molecular complexity index is 318. The molecule has 0 unspecified atom stereocenters. The van der Waals surface area contributed by atoms with Gasteiger partial charge in [0.2, 0.25) is 0 Å². The van der Waals surface area contributed by atoms with E-state index >= 15 is 0 Å². The summed E-state index contributed by atoms with van der Waals surface area (Å²) in [5, 5.41) is 9.81. The third kappa shape index (κ3) is 2.50. The molecule has 1 rings (SSSR count). The fraction of sp³-hybridized carbons (Fsp3) is 0.500. The number of halogens is 1. The number of hydrogen-bond donors (Lipinski definition) is 1. The molecule has 14 heavy (non-hydrogen) atoms. The average Bonchev–Trinajstić information content (AvgIpc) is 2.11. The summed E-state index contributed by atoms with van der Waals surface area (Å²) < 4.78 is 0.812. The van der Waals surface area contributed by atoms with E-state index in [0.29, 0.717) is 11.7 Å². The Hall–Kier alpha value is -0.500. The van der Waals surface area contributed by atoms with Crippen LogP contribution in [0.15, 0.2) is 16.6 Å². The van der Waals surface area contributed by atoms with Crippen molar-refractivity contribution in [3.8, 4) is 5.75 Å². The lowest BCUT2D eigenvalue weighted by molar-refractivity contribution is 0.461. The molecule has 0 aliphatic rings. The summed E-state index contributed by atoms with van der Waals surface area (Å²) in [6.07, 6.45) is 2.20. The Balaban J connectivity index is 3.14. The number of phenolic OH excluding ortho intramolecular Hbond substituents is 1. The largest absolute Gasteiger partial charge is 0.506 e. The summed E-state index contributed by atoms with van der Waals surface area (Å²) in [4.78, 5) is 0. The van der Waals surface area contributed by atoms with Gasteiger partial charge < -0.3 is 5.11 Å². The number of aryl methyl sites for hydroxylation is 1. The first-order valence-corrected chi connectivity index (χ1v) is 5.86. The van der Waals surface area contributed by atoms with Gasteiger partial charge in [0, 0.05) is 0 Å².